The molecule has 0 amide bonds. The summed E-state index contributed by atoms with van der Waals surface area (Å²) < 4.78 is 36.2. The maximum Gasteiger partial charge on any atom is 0.282 e. The molecule has 1 saturated carbocycles. The molecule has 1 N–H and O–H groups in total. The first kappa shape index (κ1) is 22.3. The third-order valence-corrected chi connectivity index (χ3v) is 8.83. The van der Waals surface area contributed by atoms with Crippen LogP contribution in [-0.2, 0) is 21.4 Å². The highest BCUT2D eigenvalue weighted by Gasteiger charge is 2.57. The molecule has 1 spiro atoms. The number of hydrogen-bond acceptors (Lipinski definition) is 6. The highest BCUT2D eigenvalue weighted by molar-refractivity contribution is 7.86. The molecule has 33 heavy (non-hydrogen) atoms. The molecule has 10 heteroatoms. The Hall–Kier alpha value is -2.53. The van der Waals surface area contributed by atoms with Crippen LogP contribution >= 0.6 is 0 Å². The van der Waals surface area contributed by atoms with Gasteiger partial charge in [-0.25, -0.2) is 9.97 Å². The quantitative estimate of drug-likeness (QED) is 0.514. The van der Waals surface area contributed by atoms with Crippen molar-refractivity contribution in [2.24, 2.45) is 0 Å². The van der Waals surface area contributed by atoms with Crippen LogP contribution in [0.4, 0.5) is 5.82 Å². The van der Waals surface area contributed by atoms with Crippen molar-refractivity contribution in [3.8, 4) is 0 Å². The van der Waals surface area contributed by atoms with Crippen molar-refractivity contribution in [3.05, 3.63) is 54.5 Å². The Bertz CT molecular complexity index is 1200. The molecule has 1 saturated heterocycles. The number of aromatic amines is 1. The lowest BCUT2D eigenvalue weighted by Gasteiger charge is -2.43. The summed E-state index contributed by atoms with van der Waals surface area (Å²) in [4.78, 5) is 14.1. The molecular weight excluding hydrogens is 440 g/mol. The van der Waals surface area contributed by atoms with Crippen molar-refractivity contribution in [1.29, 1.82) is 0 Å². The summed E-state index contributed by atoms with van der Waals surface area (Å²) in [7, 11) is -2.02. The number of hydrogen-bond donors (Lipinski definition) is 1. The number of fused-ring (bicyclic) bond motifs is 1. The van der Waals surface area contributed by atoms with Gasteiger partial charge in [0.15, 0.2) is 0 Å². The number of nitrogens with one attached hydrogen (secondary N) is 1. The van der Waals surface area contributed by atoms with Crippen LogP contribution in [0.2, 0.25) is 0 Å². The maximum atomic E-state index is 13.8. The zero-order chi connectivity index (χ0) is 22.9. The van der Waals surface area contributed by atoms with Gasteiger partial charge in [-0.1, -0.05) is 30.3 Å². The molecule has 176 valence electrons. The summed E-state index contributed by atoms with van der Waals surface area (Å²) >= 11 is 0. The van der Waals surface area contributed by atoms with Crippen LogP contribution in [0.15, 0.2) is 48.9 Å². The van der Waals surface area contributed by atoms with E-state index in [-0.39, 0.29) is 5.54 Å². The van der Waals surface area contributed by atoms with Crippen molar-refractivity contribution in [2.75, 3.05) is 51.3 Å². The van der Waals surface area contributed by atoms with Crippen LogP contribution in [-0.4, -0.2) is 84.0 Å². The van der Waals surface area contributed by atoms with E-state index in [0.717, 1.165) is 35.3 Å². The van der Waals surface area contributed by atoms with Gasteiger partial charge in [0.25, 0.3) is 10.2 Å². The minimum Gasteiger partial charge on any atom is -0.383 e. The van der Waals surface area contributed by atoms with Gasteiger partial charge in [-0.2, -0.15) is 17.0 Å². The molecule has 0 atom stereocenters. The SMILES string of the molecule is COCCN(CCc1ccccc1)S(=O)(=O)N1CCN(c2ncnc3[nH]ccc23)CC12CC2. The Labute approximate surface area is 194 Å². The number of ether oxygens (including phenoxy) is 1. The topological polar surface area (TPSA) is 94.7 Å². The molecule has 2 fully saturated rings. The van der Waals surface area contributed by atoms with Crippen molar-refractivity contribution >= 4 is 27.1 Å². The predicted octanol–water partition coefficient (Wildman–Crippen LogP) is 2.05. The molecule has 2 aromatic heterocycles. The summed E-state index contributed by atoms with van der Waals surface area (Å²) in [6.07, 6.45) is 5.81. The number of piperazine rings is 1. The molecule has 5 rings (SSSR count). The van der Waals surface area contributed by atoms with E-state index in [9.17, 15) is 8.42 Å². The van der Waals surface area contributed by atoms with Gasteiger partial charge in [-0.3, -0.25) is 0 Å². The number of aromatic nitrogens is 3. The first-order chi connectivity index (χ1) is 16.0. The lowest BCUT2D eigenvalue weighted by Crippen LogP contribution is -2.60. The van der Waals surface area contributed by atoms with Crippen molar-refractivity contribution in [2.45, 2.75) is 24.8 Å². The molecule has 9 nitrogen and oxygen atoms in total. The largest absolute Gasteiger partial charge is 0.383 e. The smallest absolute Gasteiger partial charge is 0.282 e. The number of H-pyrrole nitrogens is 1. The molecule has 1 aliphatic heterocycles. The van der Waals surface area contributed by atoms with E-state index in [1.165, 1.54) is 0 Å². The summed E-state index contributed by atoms with van der Waals surface area (Å²) in [6.45, 7) is 2.82. The second kappa shape index (κ2) is 9.02. The van der Waals surface area contributed by atoms with Crippen LogP contribution in [0.1, 0.15) is 18.4 Å². The number of rotatable bonds is 9. The zero-order valence-corrected chi connectivity index (χ0v) is 19.7. The molecule has 1 aliphatic carbocycles. The van der Waals surface area contributed by atoms with Gasteiger partial charge >= 0.3 is 0 Å². The van der Waals surface area contributed by atoms with Crippen LogP contribution in [0.3, 0.4) is 0 Å². The van der Waals surface area contributed by atoms with Gasteiger partial charge in [-0.15, -0.1) is 0 Å². The highest BCUT2D eigenvalue weighted by Crippen LogP contribution is 2.47. The maximum absolute atomic E-state index is 13.8. The first-order valence-electron chi connectivity index (χ1n) is 11.4. The van der Waals surface area contributed by atoms with Gasteiger partial charge in [0.2, 0.25) is 0 Å². The van der Waals surface area contributed by atoms with Gasteiger partial charge in [0.1, 0.15) is 17.8 Å². The first-order valence-corrected chi connectivity index (χ1v) is 12.8. The number of nitrogens with zero attached hydrogens (tertiary/aromatic N) is 5. The fourth-order valence-corrected chi connectivity index (χ4v) is 6.69. The lowest BCUT2D eigenvalue weighted by molar-refractivity contribution is 0.171. The average Bonchev–Trinajstić information content (AvgIpc) is 3.40. The number of benzene rings is 1. The number of anilines is 1. The lowest BCUT2D eigenvalue weighted by atomic mass is 10.1. The fourth-order valence-electron chi connectivity index (χ4n) is 4.74. The second-order valence-electron chi connectivity index (χ2n) is 8.79. The third-order valence-electron chi connectivity index (χ3n) is 6.69. The van der Waals surface area contributed by atoms with E-state index in [4.69, 9.17) is 4.74 Å². The average molecular weight is 471 g/mol. The molecule has 3 heterocycles. The van der Waals surface area contributed by atoms with Crippen molar-refractivity contribution in [1.82, 2.24) is 23.6 Å². The molecule has 0 radical (unpaired) electrons. The van der Waals surface area contributed by atoms with E-state index in [1.54, 1.807) is 22.0 Å². The second-order valence-corrected chi connectivity index (χ2v) is 10.6. The number of methoxy groups -OCH3 is 1. The molecule has 0 unspecified atom stereocenters. The van der Waals surface area contributed by atoms with Crippen molar-refractivity contribution in [3.63, 3.8) is 0 Å². The zero-order valence-electron chi connectivity index (χ0n) is 18.9. The Morgan fingerprint density at radius 3 is 2.70 bits per heavy atom. The van der Waals surface area contributed by atoms with E-state index in [1.807, 2.05) is 42.6 Å². The minimum absolute atomic E-state index is 0.345. The van der Waals surface area contributed by atoms with Gasteiger partial charge in [0, 0.05) is 46.0 Å². The Balaban J connectivity index is 1.35. The molecule has 3 aromatic rings. The summed E-state index contributed by atoms with van der Waals surface area (Å²) in [5.74, 6) is 0.866. The van der Waals surface area contributed by atoms with Crippen LogP contribution in [0.25, 0.3) is 11.0 Å². The predicted molar refractivity (Wildman–Crippen MR) is 127 cm³/mol. The molecule has 0 bridgehead atoms. The van der Waals surface area contributed by atoms with Gasteiger partial charge in [-0.05, 0) is 30.9 Å². The van der Waals surface area contributed by atoms with Gasteiger partial charge in [0.05, 0.1) is 17.5 Å². The summed E-state index contributed by atoms with van der Waals surface area (Å²) in [5, 5.41) is 0.967. The summed E-state index contributed by atoms with van der Waals surface area (Å²) in [5.41, 5.74) is 1.55. The van der Waals surface area contributed by atoms with E-state index in [2.05, 4.69) is 19.9 Å². The fraction of sp³-hybridized carbons (Fsp3) is 0.478. The van der Waals surface area contributed by atoms with Crippen molar-refractivity contribution < 1.29 is 13.2 Å². The van der Waals surface area contributed by atoms with Crippen LogP contribution in [0.5, 0.6) is 0 Å². The third kappa shape index (κ3) is 4.35. The van der Waals surface area contributed by atoms with E-state index >= 15 is 0 Å². The molecular formula is C23H30N6O3S. The Morgan fingerprint density at radius 1 is 1.12 bits per heavy atom. The van der Waals surface area contributed by atoms with Crippen LogP contribution < -0.4 is 4.90 Å². The standard InChI is InChI=1S/C23H30N6O3S/c1-32-16-15-28(12-8-19-5-3-2-4-6-19)33(30,31)29-14-13-27(17-23(29)9-10-23)22-20-7-11-24-21(20)25-18-26-22/h2-7,11,18H,8-10,12-17H2,1H3,(H,24,25,26). The summed E-state index contributed by atoms with van der Waals surface area (Å²) in [6, 6.07) is 12.0. The normalized spacial score (nSPS) is 18.4. The van der Waals surface area contributed by atoms with E-state index in [0.29, 0.717) is 45.8 Å². The van der Waals surface area contributed by atoms with Crippen LogP contribution in [0, 0.1) is 0 Å². The highest BCUT2D eigenvalue weighted by atomic mass is 32.2. The molecule has 2 aliphatic rings. The van der Waals surface area contributed by atoms with Gasteiger partial charge < -0.3 is 14.6 Å². The van der Waals surface area contributed by atoms with E-state index < -0.39 is 10.2 Å². The Morgan fingerprint density at radius 2 is 1.94 bits per heavy atom. The Kier molecular flexibility index (Phi) is 6.09. The minimum atomic E-state index is -3.63. The monoisotopic (exact) mass is 470 g/mol. The molecule has 1 aromatic carbocycles.